The van der Waals surface area contributed by atoms with Crippen LogP contribution in [0.15, 0.2) is 123 Å². The fourth-order valence-electron chi connectivity index (χ4n) is 5.95. The van der Waals surface area contributed by atoms with Gasteiger partial charge in [-0.05, 0) is 67.1 Å². The molecular weight excluding hydrogens is 488 g/mol. The number of aryl methyl sites for hydroxylation is 1. The highest BCUT2D eigenvalue weighted by Gasteiger charge is 2.27. The third-order valence-electron chi connectivity index (χ3n) is 7.61. The first-order valence-electron chi connectivity index (χ1n) is 12.5. The van der Waals surface area contributed by atoms with Crippen molar-refractivity contribution >= 4 is 66.9 Å². The zero-order valence-electron chi connectivity index (χ0n) is 20.4. The largest absolute Gasteiger partial charge is 0.308 e. The van der Waals surface area contributed by atoms with Crippen molar-refractivity contribution < 1.29 is 0 Å². The summed E-state index contributed by atoms with van der Waals surface area (Å²) in [6.07, 6.45) is 0. The second kappa shape index (κ2) is 7.70. The lowest BCUT2D eigenvalue weighted by Crippen LogP contribution is -2.17. The molecule has 0 saturated heterocycles. The number of benzene rings is 5. The molecule has 0 saturated carbocycles. The van der Waals surface area contributed by atoms with E-state index in [0.717, 1.165) is 43.4 Å². The molecule has 0 unspecified atom stereocenters. The van der Waals surface area contributed by atoms with Gasteiger partial charge in [0.2, 0.25) is 0 Å². The molecule has 7 aromatic rings. The Balaban J connectivity index is 1.60. The first-order chi connectivity index (χ1) is 18.6. The normalized spacial score (nSPS) is 12.9. The minimum atomic E-state index is -0.0504. The molecule has 0 fully saturated rings. The van der Waals surface area contributed by atoms with Crippen LogP contribution >= 0.6 is 11.8 Å². The predicted molar refractivity (Wildman–Crippen MR) is 157 cm³/mol. The van der Waals surface area contributed by atoms with Crippen molar-refractivity contribution in [2.45, 2.75) is 16.7 Å². The summed E-state index contributed by atoms with van der Waals surface area (Å²) in [7, 11) is 0. The number of nitrogens with zero attached hydrogens (tertiary/aromatic N) is 2. The summed E-state index contributed by atoms with van der Waals surface area (Å²) in [4.78, 5) is 32.0. The van der Waals surface area contributed by atoms with Gasteiger partial charge in [0.1, 0.15) is 0 Å². The molecule has 4 nitrogen and oxygen atoms in total. The van der Waals surface area contributed by atoms with Crippen molar-refractivity contribution in [2.24, 2.45) is 0 Å². The molecule has 0 N–H and O–H groups in total. The minimum Gasteiger partial charge on any atom is -0.308 e. The number of para-hydroxylation sites is 3. The maximum Gasteiger partial charge on any atom is 0.197 e. The van der Waals surface area contributed by atoms with Crippen molar-refractivity contribution in [2.75, 3.05) is 4.90 Å². The third-order valence-corrected chi connectivity index (χ3v) is 8.72. The van der Waals surface area contributed by atoms with E-state index in [1.807, 2.05) is 73.7 Å². The Bertz CT molecular complexity index is 2220. The Morgan fingerprint density at radius 1 is 0.605 bits per heavy atom. The van der Waals surface area contributed by atoms with Crippen molar-refractivity contribution in [1.29, 1.82) is 0 Å². The Labute approximate surface area is 221 Å². The fourth-order valence-corrected chi connectivity index (χ4v) is 7.03. The van der Waals surface area contributed by atoms with Crippen LogP contribution in [-0.4, -0.2) is 4.40 Å². The summed E-state index contributed by atoms with van der Waals surface area (Å²) in [5.74, 6) is 0. The number of pyridine rings is 2. The number of anilines is 3. The highest BCUT2D eigenvalue weighted by molar-refractivity contribution is 7.99. The summed E-state index contributed by atoms with van der Waals surface area (Å²) < 4.78 is 2.12. The maximum absolute atomic E-state index is 14.0. The Kier molecular flexibility index (Phi) is 4.35. The van der Waals surface area contributed by atoms with E-state index in [-0.39, 0.29) is 10.9 Å². The van der Waals surface area contributed by atoms with Gasteiger partial charge in [-0.2, -0.15) is 0 Å². The van der Waals surface area contributed by atoms with E-state index in [1.165, 1.54) is 0 Å². The first kappa shape index (κ1) is 21.5. The monoisotopic (exact) mass is 508 g/mol. The number of hydrogen-bond donors (Lipinski definition) is 0. The number of aromatic nitrogens is 1. The molecular formula is C33H20N2O2S. The maximum atomic E-state index is 14.0. The van der Waals surface area contributed by atoms with Crippen molar-refractivity contribution in [1.82, 2.24) is 4.40 Å². The topological polar surface area (TPSA) is 41.8 Å². The first-order valence-corrected chi connectivity index (χ1v) is 13.4. The van der Waals surface area contributed by atoms with Gasteiger partial charge < -0.3 is 9.30 Å². The van der Waals surface area contributed by atoms with Crippen LogP contribution < -0.4 is 15.8 Å². The molecule has 0 atom stereocenters. The van der Waals surface area contributed by atoms with E-state index in [4.69, 9.17) is 0 Å². The molecule has 0 spiro atoms. The molecule has 1 aliphatic heterocycles. The zero-order chi connectivity index (χ0) is 25.5. The molecule has 2 aromatic heterocycles. The van der Waals surface area contributed by atoms with Crippen LogP contribution in [0.1, 0.15) is 5.56 Å². The van der Waals surface area contributed by atoms with E-state index in [0.29, 0.717) is 27.1 Å². The van der Waals surface area contributed by atoms with E-state index in [1.54, 1.807) is 11.8 Å². The van der Waals surface area contributed by atoms with Gasteiger partial charge in [-0.25, -0.2) is 0 Å². The molecule has 0 aliphatic carbocycles. The van der Waals surface area contributed by atoms with Gasteiger partial charge in [-0.3, -0.25) is 9.59 Å². The summed E-state index contributed by atoms with van der Waals surface area (Å²) >= 11 is 1.68. The van der Waals surface area contributed by atoms with Crippen LogP contribution in [0, 0.1) is 6.92 Å². The number of rotatable bonds is 1. The van der Waals surface area contributed by atoms with Gasteiger partial charge in [-0.1, -0.05) is 60.3 Å². The van der Waals surface area contributed by atoms with E-state index in [9.17, 15) is 9.59 Å². The molecule has 0 amide bonds. The standard InChI is InChI=1S/C33H20N2O2S/c1-19-9-7-15-25-30(19)33(37)22-13-8-12-21-31(22)35(25)26-18-27-29(17-23(26)32(21)36)38-28-16-6-5-14-24(28)34(27)20-10-3-2-4-11-20/h2-18H,1H3. The molecule has 1 aliphatic rings. The molecule has 5 heteroatoms. The van der Waals surface area contributed by atoms with Crippen LogP contribution in [0.3, 0.4) is 0 Å². The average molecular weight is 509 g/mol. The SMILES string of the molecule is Cc1cccc2c1c(=O)c1cccc3c(=O)c4cc5c(cc4n2c31)N(c1ccccc1)c1ccccc1S5. The highest BCUT2D eigenvalue weighted by atomic mass is 32.2. The summed E-state index contributed by atoms with van der Waals surface area (Å²) in [5, 5.41) is 2.47. The predicted octanol–water partition coefficient (Wildman–Crippen LogP) is 7.80. The molecule has 8 rings (SSSR count). The van der Waals surface area contributed by atoms with Gasteiger partial charge >= 0.3 is 0 Å². The molecule has 3 heterocycles. The quantitative estimate of drug-likeness (QED) is 0.168. The lowest BCUT2D eigenvalue weighted by atomic mass is 10.0. The molecule has 38 heavy (non-hydrogen) atoms. The molecule has 0 radical (unpaired) electrons. The molecule has 0 bridgehead atoms. The number of hydrogen-bond acceptors (Lipinski definition) is 4. The van der Waals surface area contributed by atoms with Crippen molar-refractivity contribution in [3.8, 4) is 0 Å². The van der Waals surface area contributed by atoms with E-state index in [2.05, 4.69) is 45.7 Å². The summed E-state index contributed by atoms with van der Waals surface area (Å²) in [6, 6.07) is 34.2. The van der Waals surface area contributed by atoms with Crippen molar-refractivity contribution in [3.05, 3.63) is 129 Å². The highest BCUT2D eigenvalue weighted by Crippen LogP contribution is 2.52. The van der Waals surface area contributed by atoms with E-state index < -0.39 is 0 Å². The van der Waals surface area contributed by atoms with Crippen LogP contribution in [0.2, 0.25) is 0 Å². The Morgan fingerprint density at radius 2 is 1.34 bits per heavy atom. The smallest absolute Gasteiger partial charge is 0.197 e. The molecule has 180 valence electrons. The van der Waals surface area contributed by atoms with Gasteiger partial charge in [-0.15, -0.1) is 0 Å². The van der Waals surface area contributed by atoms with Crippen LogP contribution in [0.5, 0.6) is 0 Å². The fraction of sp³-hybridized carbons (Fsp3) is 0.0303. The average Bonchev–Trinajstić information content (AvgIpc) is 2.95. The second-order valence-corrected chi connectivity index (χ2v) is 10.8. The molecule has 5 aromatic carbocycles. The minimum absolute atomic E-state index is 0.0317. The van der Waals surface area contributed by atoms with Crippen molar-refractivity contribution in [3.63, 3.8) is 0 Å². The lowest BCUT2D eigenvalue weighted by Gasteiger charge is -2.33. The van der Waals surface area contributed by atoms with E-state index >= 15 is 0 Å². The Hall–Kier alpha value is -4.61. The number of fused-ring (bicyclic) bond motifs is 6. The van der Waals surface area contributed by atoms with Crippen LogP contribution in [0.4, 0.5) is 17.1 Å². The van der Waals surface area contributed by atoms with Gasteiger partial charge in [0, 0.05) is 37.0 Å². The van der Waals surface area contributed by atoms with Crippen LogP contribution in [0.25, 0.3) is 38.1 Å². The lowest BCUT2D eigenvalue weighted by molar-refractivity contribution is 1.17. The van der Waals surface area contributed by atoms with Gasteiger partial charge in [0.05, 0.1) is 27.9 Å². The van der Waals surface area contributed by atoms with Crippen LogP contribution in [-0.2, 0) is 0 Å². The third kappa shape index (κ3) is 2.77. The second-order valence-electron chi connectivity index (χ2n) is 9.74. The Morgan fingerprint density at radius 3 is 2.18 bits per heavy atom. The summed E-state index contributed by atoms with van der Waals surface area (Å²) in [5.41, 5.74) is 6.31. The van der Waals surface area contributed by atoms with Gasteiger partial charge in [0.25, 0.3) is 0 Å². The zero-order valence-corrected chi connectivity index (χ0v) is 21.3. The summed E-state index contributed by atoms with van der Waals surface area (Å²) in [6.45, 7) is 1.97. The van der Waals surface area contributed by atoms with Gasteiger partial charge in [0.15, 0.2) is 10.9 Å².